The average molecular weight is 261 g/mol. The fraction of sp³-hybridized carbons (Fsp3) is 0.429. The summed E-state index contributed by atoms with van der Waals surface area (Å²) in [6, 6.07) is 2.23. The summed E-state index contributed by atoms with van der Waals surface area (Å²) in [4.78, 5) is 4.27. The molecule has 0 radical (unpaired) electrons. The SMILES string of the molecule is CC.CCc1c(C)c(C#N)cn1Cc1nccs1. The molecule has 96 valence electrons. The second-order valence-corrected chi connectivity index (χ2v) is 4.61. The van der Waals surface area contributed by atoms with Gasteiger partial charge in [0.2, 0.25) is 0 Å². The number of hydrogen-bond donors (Lipinski definition) is 0. The van der Waals surface area contributed by atoms with Crippen molar-refractivity contribution in [2.24, 2.45) is 0 Å². The van der Waals surface area contributed by atoms with E-state index in [0.29, 0.717) is 0 Å². The van der Waals surface area contributed by atoms with Gasteiger partial charge in [-0.3, -0.25) is 0 Å². The van der Waals surface area contributed by atoms with Crippen LogP contribution in [0.3, 0.4) is 0 Å². The van der Waals surface area contributed by atoms with E-state index in [2.05, 4.69) is 22.5 Å². The van der Waals surface area contributed by atoms with E-state index in [4.69, 9.17) is 5.26 Å². The van der Waals surface area contributed by atoms with Crippen molar-refractivity contribution in [3.05, 3.63) is 39.6 Å². The Labute approximate surface area is 113 Å². The molecule has 0 aromatic carbocycles. The summed E-state index contributed by atoms with van der Waals surface area (Å²) < 4.78 is 2.13. The highest BCUT2D eigenvalue weighted by atomic mass is 32.1. The molecule has 0 saturated heterocycles. The Kier molecular flexibility index (Phi) is 5.60. The van der Waals surface area contributed by atoms with Gasteiger partial charge in [-0.1, -0.05) is 20.8 Å². The smallest absolute Gasteiger partial charge is 0.112 e. The molecule has 0 saturated carbocycles. The standard InChI is InChI=1S/C12H13N3S.C2H6/c1-3-11-9(2)10(6-13)7-15(11)8-12-14-4-5-16-12;1-2/h4-5,7H,3,8H2,1-2H3;1-2H3. The van der Waals surface area contributed by atoms with Crippen molar-refractivity contribution in [3.8, 4) is 6.07 Å². The van der Waals surface area contributed by atoms with Gasteiger partial charge < -0.3 is 4.57 Å². The summed E-state index contributed by atoms with van der Waals surface area (Å²) in [5.41, 5.74) is 3.10. The van der Waals surface area contributed by atoms with E-state index < -0.39 is 0 Å². The molecule has 0 atom stereocenters. The van der Waals surface area contributed by atoms with Crippen LogP contribution in [0.4, 0.5) is 0 Å². The maximum atomic E-state index is 9.00. The van der Waals surface area contributed by atoms with Crippen LogP contribution in [0.15, 0.2) is 17.8 Å². The van der Waals surface area contributed by atoms with E-state index in [0.717, 1.165) is 29.1 Å². The van der Waals surface area contributed by atoms with Gasteiger partial charge in [0, 0.05) is 23.5 Å². The molecular weight excluding hydrogens is 242 g/mol. The fourth-order valence-electron chi connectivity index (χ4n) is 1.90. The molecule has 0 bridgehead atoms. The second-order valence-electron chi connectivity index (χ2n) is 3.63. The van der Waals surface area contributed by atoms with E-state index >= 15 is 0 Å². The summed E-state index contributed by atoms with van der Waals surface area (Å²) >= 11 is 1.64. The number of thiazole rings is 1. The largest absolute Gasteiger partial charge is 0.343 e. The molecule has 0 aliphatic carbocycles. The molecule has 3 nitrogen and oxygen atoms in total. The monoisotopic (exact) mass is 261 g/mol. The van der Waals surface area contributed by atoms with Crippen LogP contribution in [0.2, 0.25) is 0 Å². The van der Waals surface area contributed by atoms with Crippen LogP contribution in [0.1, 0.15) is 42.6 Å². The van der Waals surface area contributed by atoms with E-state index in [1.165, 1.54) is 5.69 Å². The Bertz CT molecular complexity index is 518. The van der Waals surface area contributed by atoms with Crippen LogP contribution < -0.4 is 0 Å². The average Bonchev–Trinajstić information content (AvgIpc) is 3.00. The lowest BCUT2D eigenvalue weighted by molar-refractivity contribution is 0.742. The van der Waals surface area contributed by atoms with Crippen molar-refractivity contribution in [2.45, 2.75) is 40.7 Å². The van der Waals surface area contributed by atoms with Crippen molar-refractivity contribution >= 4 is 11.3 Å². The van der Waals surface area contributed by atoms with Crippen molar-refractivity contribution in [3.63, 3.8) is 0 Å². The highest BCUT2D eigenvalue weighted by Crippen LogP contribution is 2.18. The van der Waals surface area contributed by atoms with Crippen molar-refractivity contribution in [1.29, 1.82) is 5.26 Å². The highest BCUT2D eigenvalue weighted by Gasteiger charge is 2.11. The molecule has 2 heterocycles. The molecule has 4 heteroatoms. The molecular formula is C14H19N3S. The normalized spacial score (nSPS) is 9.50. The molecule has 18 heavy (non-hydrogen) atoms. The number of nitriles is 1. The van der Waals surface area contributed by atoms with Crippen molar-refractivity contribution < 1.29 is 0 Å². The van der Waals surface area contributed by atoms with Gasteiger partial charge >= 0.3 is 0 Å². The zero-order chi connectivity index (χ0) is 13.5. The van der Waals surface area contributed by atoms with E-state index in [1.54, 1.807) is 11.3 Å². The van der Waals surface area contributed by atoms with Gasteiger partial charge in [0.1, 0.15) is 11.1 Å². The molecule has 0 fully saturated rings. The lowest BCUT2D eigenvalue weighted by Gasteiger charge is -2.05. The van der Waals surface area contributed by atoms with E-state index in [-0.39, 0.29) is 0 Å². The van der Waals surface area contributed by atoms with Gasteiger partial charge in [-0.2, -0.15) is 5.26 Å². The number of aromatic nitrogens is 2. The Morgan fingerprint density at radius 2 is 2.17 bits per heavy atom. The minimum absolute atomic E-state index is 0.767. The summed E-state index contributed by atoms with van der Waals surface area (Å²) in [7, 11) is 0. The van der Waals surface area contributed by atoms with Gasteiger partial charge in [0.25, 0.3) is 0 Å². The van der Waals surface area contributed by atoms with Gasteiger partial charge in [-0.25, -0.2) is 4.98 Å². The van der Waals surface area contributed by atoms with Crippen LogP contribution in [-0.2, 0) is 13.0 Å². The van der Waals surface area contributed by atoms with Crippen LogP contribution in [0.5, 0.6) is 0 Å². The summed E-state index contributed by atoms with van der Waals surface area (Å²) in [5.74, 6) is 0. The van der Waals surface area contributed by atoms with E-state index in [9.17, 15) is 0 Å². The minimum atomic E-state index is 0.767. The molecule has 0 unspecified atom stereocenters. The molecule has 0 amide bonds. The zero-order valence-electron chi connectivity index (χ0n) is 11.4. The highest BCUT2D eigenvalue weighted by molar-refractivity contribution is 7.09. The summed E-state index contributed by atoms with van der Waals surface area (Å²) in [6.45, 7) is 8.89. The van der Waals surface area contributed by atoms with Crippen LogP contribution in [0, 0.1) is 18.3 Å². The fourth-order valence-corrected chi connectivity index (χ4v) is 2.51. The number of rotatable bonds is 3. The van der Waals surface area contributed by atoms with Gasteiger partial charge in [0.15, 0.2) is 0 Å². The zero-order valence-corrected chi connectivity index (χ0v) is 12.2. The summed E-state index contributed by atoms with van der Waals surface area (Å²) in [5, 5.41) is 12.1. The van der Waals surface area contributed by atoms with E-state index in [1.807, 2.05) is 38.5 Å². The predicted molar refractivity (Wildman–Crippen MR) is 75.8 cm³/mol. The molecule has 0 N–H and O–H groups in total. The molecule has 2 rings (SSSR count). The number of nitrogens with zero attached hydrogens (tertiary/aromatic N) is 3. The second kappa shape index (κ2) is 6.97. The molecule has 0 aliphatic rings. The van der Waals surface area contributed by atoms with Crippen molar-refractivity contribution in [2.75, 3.05) is 0 Å². The first-order chi connectivity index (χ1) is 8.76. The Morgan fingerprint density at radius 3 is 2.67 bits per heavy atom. The number of hydrogen-bond acceptors (Lipinski definition) is 3. The Hall–Kier alpha value is -1.60. The lowest BCUT2D eigenvalue weighted by Crippen LogP contribution is -2.02. The predicted octanol–water partition coefficient (Wildman–Crippen LogP) is 3.76. The first-order valence-electron chi connectivity index (χ1n) is 6.23. The van der Waals surface area contributed by atoms with Crippen LogP contribution >= 0.6 is 11.3 Å². The maximum Gasteiger partial charge on any atom is 0.112 e. The first kappa shape index (κ1) is 14.5. The molecule has 0 spiro atoms. The molecule has 2 aromatic heterocycles. The van der Waals surface area contributed by atoms with Crippen LogP contribution in [0.25, 0.3) is 0 Å². The maximum absolute atomic E-state index is 9.00. The van der Waals surface area contributed by atoms with Crippen molar-refractivity contribution in [1.82, 2.24) is 9.55 Å². The Balaban J connectivity index is 0.000000771. The third-order valence-corrected chi connectivity index (χ3v) is 3.48. The topological polar surface area (TPSA) is 41.6 Å². The van der Waals surface area contributed by atoms with Gasteiger partial charge in [-0.15, -0.1) is 11.3 Å². The first-order valence-corrected chi connectivity index (χ1v) is 7.11. The van der Waals surface area contributed by atoms with Crippen LogP contribution in [-0.4, -0.2) is 9.55 Å². The third kappa shape index (κ3) is 2.99. The molecule has 2 aromatic rings. The van der Waals surface area contributed by atoms with Gasteiger partial charge in [0.05, 0.1) is 12.1 Å². The van der Waals surface area contributed by atoms with Gasteiger partial charge in [-0.05, 0) is 18.9 Å². The quantitative estimate of drug-likeness (QED) is 0.844. The lowest BCUT2D eigenvalue weighted by atomic mass is 10.1. The Morgan fingerprint density at radius 1 is 1.44 bits per heavy atom. The summed E-state index contributed by atoms with van der Waals surface area (Å²) in [6.07, 6.45) is 4.68. The third-order valence-electron chi connectivity index (χ3n) is 2.71. The molecule has 0 aliphatic heterocycles. The minimum Gasteiger partial charge on any atom is -0.343 e.